The summed E-state index contributed by atoms with van der Waals surface area (Å²) in [6.45, 7) is 5.78. The van der Waals surface area contributed by atoms with E-state index in [1.165, 1.54) is 0 Å². The summed E-state index contributed by atoms with van der Waals surface area (Å²) in [6, 6.07) is 9.20. The number of halogens is 1. The van der Waals surface area contributed by atoms with Gasteiger partial charge in [-0.05, 0) is 39.0 Å². The summed E-state index contributed by atoms with van der Waals surface area (Å²) >= 11 is 7.92. The van der Waals surface area contributed by atoms with Gasteiger partial charge in [0.2, 0.25) is 5.91 Å². The number of fused-ring (bicyclic) bond motifs is 1. The first-order chi connectivity index (χ1) is 12.9. The van der Waals surface area contributed by atoms with Crippen LogP contribution in [0.1, 0.15) is 43.7 Å². The van der Waals surface area contributed by atoms with Crippen molar-refractivity contribution in [1.29, 1.82) is 0 Å². The molecule has 0 fully saturated rings. The third kappa shape index (κ3) is 2.99. The number of Topliss-reactive ketones (excluding diaryl/α,β-unsaturated/α-hetero) is 1. The Labute approximate surface area is 166 Å². The molecule has 1 aliphatic rings. The van der Waals surface area contributed by atoms with Crippen LogP contribution in [-0.4, -0.2) is 21.5 Å². The van der Waals surface area contributed by atoms with E-state index >= 15 is 0 Å². The van der Waals surface area contributed by atoms with Crippen molar-refractivity contribution >= 4 is 40.4 Å². The zero-order chi connectivity index (χ0) is 19.3. The maximum Gasteiger partial charge on any atom is 0.226 e. The Morgan fingerprint density at radius 1 is 1.30 bits per heavy atom. The highest BCUT2D eigenvalue weighted by molar-refractivity contribution is 7.12. The number of amides is 1. The molecule has 3 aromatic rings. The average Bonchev–Trinajstić information content (AvgIpc) is 3.13. The summed E-state index contributed by atoms with van der Waals surface area (Å²) in [4.78, 5) is 27.7. The highest BCUT2D eigenvalue weighted by Gasteiger charge is 2.37. The van der Waals surface area contributed by atoms with E-state index in [0.29, 0.717) is 27.8 Å². The van der Waals surface area contributed by atoms with Crippen LogP contribution >= 0.6 is 22.9 Å². The number of ketones is 1. The van der Waals surface area contributed by atoms with Crippen molar-refractivity contribution in [1.82, 2.24) is 9.78 Å². The van der Waals surface area contributed by atoms with Crippen LogP contribution in [0.3, 0.4) is 0 Å². The number of nitrogens with one attached hydrogen (secondary N) is 1. The lowest BCUT2D eigenvalue weighted by Gasteiger charge is -2.23. The van der Waals surface area contributed by atoms with Gasteiger partial charge >= 0.3 is 0 Å². The van der Waals surface area contributed by atoms with Gasteiger partial charge in [-0.15, -0.1) is 11.3 Å². The first-order valence-electron chi connectivity index (χ1n) is 8.62. The Morgan fingerprint density at radius 2 is 2.04 bits per heavy atom. The van der Waals surface area contributed by atoms with Crippen molar-refractivity contribution in [2.24, 2.45) is 0 Å². The fraction of sp³-hybridized carbons (Fsp3) is 0.250. The zero-order valence-electron chi connectivity index (χ0n) is 15.2. The number of hydrogen-bond acceptors (Lipinski definition) is 4. The average molecular weight is 400 g/mol. The molecule has 0 saturated heterocycles. The maximum absolute atomic E-state index is 13.3. The first kappa shape index (κ1) is 17.9. The van der Waals surface area contributed by atoms with Gasteiger partial charge in [0.1, 0.15) is 5.82 Å². The predicted octanol–water partition coefficient (Wildman–Crippen LogP) is 4.82. The van der Waals surface area contributed by atoms with E-state index in [9.17, 15) is 9.59 Å². The number of hydrogen-bond donors (Lipinski definition) is 1. The molecule has 0 radical (unpaired) electrons. The minimum absolute atomic E-state index is 0.0326. The summed E-state index contributed by atoms with van der Waals surface area (Å²) in [5.41, 5.74) is 2.84. The van der Waals surface area contributed by atoms with Gasteiger partial charge in [-0.1, -0.05) is 23.7 Å². The second-order valence-electron chi connectivity index (χ2n) is 6.71. The summed E-state index contributed by atoms with van der Waals surface area (Å²) in [5, 5.41) is 7.99. The molecule has 138 valence electrons. The summed E-state index contributed by atoms with van der Waals surface area (Å²) in [6.07, 6.45) is 0.120. The van der Waals surface area contributed by atoms with Crippen LogP contribution in [0.5, 0.6) is 0 Å². The monoisotopic (exact) mass is 399 g/mol. The number of para-hydroxylation sites is 1. The lowest BCUT2D eigenvalue weighted by molar-refractivity contribution is -0.116. The number of aryl methyl sites for hydroxylation is 3. The molecule has 0 aliphatic carbocycles. The number of aromatic nitrogens is 2. The van der Waals surface area contributed by atoms with Crippen molar-refractivity contribution in [3.8, 4) is 5.69 Å². The van der Waals surface area contributed by atoms with E-state index in [2.05, 4.69) is 10.4 Å². The number of anilines is 1. The van der Waals surface area contributed by atoms with Crippen LogP contribution in [-0.2, 0) is 4.79 Å². The smallest absolute Gasteiger partial charge is 0.226 e. The molecule has 1 amide bonds. The molecule has 0 bridgehead atoms. The molecule has 4 rings (SSSR count). The van der Waals surface area contributed by atoms with Crippen molar-refractivity contribution < 1.29 is 9.59 Å². The third-order valence-electron chi connectivity index (χ3n) is 4.81. The molecule has 2 aromatic heterocycles. The third-order valence-corrected chi connectivity index (χ3v) is 6.09. The SMILES string of the molecule is Cc1cc(C(=O)C2CC(=O)Nc3c2c(C)nn3-c2ccccc2Cl)c(C)s1. The van der Waals surface area contributed by atoms with Crippen molar-refractivity contribution in [3.05, 3.63) is 61.9 Å². The number of rotatable bonds is 3. The van der Waals surface area contributed by atoms with E-state index in [1.807, 2.05) is 45.0 Å². The van der Waals surface area contributed by atoms with Gasteiger partial charge < -0.3 is 5.32 Å². The van der Waals surface area contributed by atoms with Crippen LogP contribution in [0.2, 0.25) is 5.02 Å². The second kappa shape index (κ2) is 6.62. The highest BCUT2D eigenvalue weighted by atomic mass is 35.5. The van der Waals surface area contributed by atoms with Crippen LogP contribution in [0.15, 0.2) is 30.3 Å². The molecule has 1 aliphatic heterocycles. The lowest BCUT2D eigenvalue weighted by Crippen LogP contribution is -2.28. The number of nitrogens with zero attached hydrogens (tertiary/aromatic N) is 2. The second-order valence-corrected chi connectivity index (χ2v) is 8.57. The highest BCUT2D eigenvalue weighted by Crippen LogP contribution is 2.40. The Morgan fingerprint density at radius 3 is 2.70 bits per heavy atom. The quantitative estimate of drug-likeness (QED) is 0.642. The van der Waals surface area contributed by atoms with Crippen LogP contribution in [0, 0.1) is 20.8 Å². The van der Waals surface area contributed by atoms with Crippen LogP contribution < -0.4 is 5.32 Å². The van der Waals surface area contributed by atoms with E-state index in [0.717, 1.165) is 15.3 Å². The summed E-state index contributed by atoms with van der Waals surface area (Å²) < 4.78 is 1.62. The molecule has 1 N–H and O–H groups in total. The Bertz CT molecular complexity index is 1080. The van der Waals surface area contributed by atoms with Gasteiger partial charge in [-0.2, -0.15) is 5.10 Å². The topological polar surface area (TPSA) is 64.0 Å². The fourth-order valence-electron chi connectivity index (χ4n) is 3.63. The molecule has 1 atom stereocenters. The van der Waals surface area contributed by atoms with Crippen LogP contribution in [0.25, 0.3) is 5.69 Å². The molecule has 3 heterocycles. The van der Waals surface area contributed by atoms with E-state index in [1.54, 1.807) is 22.1 Å². The standard InChI is InChI=1S/C20H18ClN3O2S/c1-10-8-13(12(3)27-10)19(26)14-9-17(25)22-20-18(14)11(2)23-24(20)16-7-5-4-6-15(16)21/h4-8,14H,9H2,1-3H3,(H,22,25). The van der Waals surface area contributed by atoms with Crippen molar-refractivity contribution in [2.45, 2.75) is 33.1 Å². The summed E-state index contributed by atoms with van der Waals surface area (Å²) in [7, 11) is 0. The normalized spacial score (nSPS) is 16.1. The predicted molar refractivity (Wildman–Crippen MR) is 107 cm³/mol. The number of carbonyl (C=O) groups excluding carboxylic acids is 2. The first-order valence-corrected chi connectivity index (χ1v) is 9.81. The summed E-state index contributed by atoms with van der Waals surface area (Å²) in [5.74, 6) is -0.245. The van der Waals surface area contributed by atoms with Crippen molar-refractivity contribution in [3.63, 3.8) is 0 Å². The largest absolute Gasteiger partial charge is 0.310 e. The Kier molecular flexibility index (Phi) is 4.40. The van der Waals surface area contributed by atoms with Gasteiger partial charge in [-0.25, -0.2) is 4.68 Å². The number of benzene rings is 1. The number of carbonyl (C=O) groups is 2. The molecule has 27 heavy (non-hydrogen) atoms. The van der Waals surface area contributed by atoms with Gasteiger partial charge in [-0.3, -0.25) is 9.59 Å². The fourth-order valence-corrected chi connectivity index (χ4v) is 4.78. The molecule has 7 heteroatoms. The minimum atomic E-state index is -0.544. The molecule has 0 saturated carbocycles. The lowest BCUT2D eigenvalue weighted by atomic mass is 9.85. The molecule has 1 unspecified atom stereocenters. The van der Waals surface area contributed by atoms with Gasteiger partial charge in [0.15, 0.2) is 5.78 Å². The molecular weight excluding hydrogens is 382 g/mol. The van der Waals surface area contributed by atoms with Crippen LogP contribution in [0.4, 0.5) is 5.82 Å². The molecule has 1 aromatic carbocycles. The van der Waals surface area contributed by atoms with Gasteiger partial charge in [0.25, 0.3) is 0 Å². The number of thiophene rings is 1. The van der Waals surface area contributed by atoms with Gasteiger partial charge in [0, 0.05) is 27.3 Å². The maximum atomic E-state index is 13.3. The Hall–Kier alpha value is -2.44. The Balaban J connectivity index is 1.86. The van der Waals surface area contributed by atoms with E-state index in [4.69, 9.17) is 11.6 Å². The molecule has 0 spiro atoms. The van der Waals surface area contributed by atoms with Gasteiger partial charge in [0.05, 0.1) is 22.3 Å². The van der Waals surface area contributed by atoms with E-state index in [-0.39, 0.29) is 18.1 Å². The van der Waals surface area contributed by atoms with E-state index < -0.39 is 5.92 Å². The minimum Gasteiger partial charge on any atom is -0.310 e. The van der Waals surface area contributed by atoms with Crippen molar-refractivity contribution in [2.75, 3.05) is 5.32 Å². The molecular formula is C20H18ClN3O2S. The molecule has 5 nitrogen and oxygen atoms in total. The zero-order valence-corrected chi connectivity index (χ0v) is 16.7.